The maximum atomic E-state index is 12.6. The van der Waals surface area contributed by atoms with Crippen LogP contribution in [0.5, 0.6) is 0 Å². The molecule has 3 heterocycles. The Bertz CT molecular complexity index is 593. The zero-order chi connectivity index (χ0) is 13.9. The fourth-order valence-corrected chi connectivity index (χ4v) is 2.84. The summed E-state index contributed by atoms with van der Waals surface area (Å²) in [7, 11) is 0. The van der Waals surface area contributed by atoms with Gasteiger partial charge in [0.1, 0.15) is 5.69 Å². The zero-order valence-corrected chi connectivity index (χ0v) is 11.6. The van der Waals surface area contributed by atoms with Gasteiger partial charge >= 0.3 is 0 Å². The molecule has 3 rings (SSSR count). The summed E-state index contributed by atoms with van der Waals surface area (Å²) in [6.45, 7) is 3.71. The molecule has 1 aliphatic rings. The summed E-state index contributed by atoms with van der Waals surface area (Å²) in [5.41, 5.74) is 1.64. The molecule has 2 aromatic heterocycles. The number of carbonyl (C=O) groups is 1. The summed E-state index contributed by atoms with van der Waals surface area (Å²) in [5.74, 6) is -0.0241. The van der Waals surface area contributed by atoms with Gasteiger partial charge in [0.15, 0.2) is 0 Å². The average Bonchev–Trinajstić information content (AvgIpc) is 2.97. The van der Waals surface area contributed by atoms with Gasteiger partial charge in [0.05, 0.1) is 12.2 Å². The SMILES string of the molecule is CCCC1c2cccn2CCN1C(=O)c1cnccn1. The van der Waals surface area contributed by atoms with Crippen LogP contribution in [-0.2, 0) is 6.54 Å². The molecule has 2 aromatic rings. The molecule has 1 unspecified atom stereocenters. The van der Waals surface area contributed by atoms with Crippen molar-refractivity contribution < 1.29 is 4.79 Å². The van der Waals surface area contributed by atoms with Crippen LogP contribution < -0.4 is 0 Å². The van der Waals surface area contributed by atoms with Crippen LogP contribution in [0.15, 0.2) is 36.9 Å². The highest BCUT2D eigenvalue weighted by Crippen LogP contribution is 2.30. The molecule has 1 atom stereocenters. The number of amides is 1. The molecular weight excluding hydrogens is 252 g/mol. The Morgan fingerprint density at radius 2 is 2.30 bits per heavy atom. The van der Waals surface area contributed by atoms with Crippen LogP contribution in [-0.4, -0.2) is 31.9 Å². The van der Waals surface area contributed by atoms with Crippen molar-refractivity contribution in [2.75, 3.05) is 6.54 Å². The first-order valence-corrected chi connectivity index (χ1v) is 7.03. The summed E-state index contributed by atoms with van der Waals surface area (Å²) in [6.07, 6.45) is 8.79. The summed E-state index contributed by atoms with van der Waals surface area (Å²) < 4.78 is 2.24. The highest BCUT2D eigenvalue weighted by molar-refractivity contribution is 5.92. The lowest BCUT2D eigenvalue weighted by Gasteiger charge is -2.36. The third kappa shape index (κ3) is 2.19. The second-order valence-corrected chi connectivity index (χ2v) is 5.02. The second kappa shape index (κ2) is 5.45. The van der Waals surface area contributed by atoms with Gasteiger partial charge in [0.2, 0.25) is 0 Å². The lowest BCUT2D eigenvalue weighted by molar-refractivity contribution is 0.0604. The lowest BCUT2D eigenvalue weighted by atomic mass is 10.0. The normalized spacial score (nSPS) is 17.9. The van der Waals surface area contributed by atoms with E-state index in [9.17, 15) is 4.79 Å². The van der Waals surface area contributed by atoms with E-state index in [1.165, 1.54) is 5.69 Å². The topological polar surface area (TPSA) is 51.0 Å². The molecule has 0 radical (unpaired) electrons. The molecule has 1 aliphatic heterocycles. The lowest BCUT2D eigenvalue weighted by Crippen LogP contribution is -2.42. The predicted octanol–water partition coefficient (Wildman–Crippen LogP) is 2.28. The van der Waals surface area contributed by atoms with Gasteiger partial charge in [-0.05, 0) is 18.6 Å². The van der Waals surface area contributed by atoms with Crippen molar-refractivity contribution in [2.24, 2.45) is 0 Å². The maximum absolute atomic E-state index is 12.6. The van der Waals surface area contributed by atoms with Crippen LogP contribution in [0.2, 0.25) is 0 Å². The van der Waals surface area contributed by atoms with Gasteiger partial charge in [0, 0.05) is 37.4 Å². The van der Waals surface area contributed by atoms with Crippen LogP contribution in [0.4, 0.5) is 0 Å². The molecule has 0 saturated carbocycles. The van der Waals surface area contributed by atoms with Gasteiger partial charge in [-0.3, -0.25) is 9.78 Å². The van der Waals surface area contributed by atoms with E-state index in [4.69, 9.17) is 0 Å². The van der Waals surface area contributed by atoms with E-state index in [0.717, 1.165) is 25.9 Å². The summed E-state index contributed by atoms with van der Waals surface area (Å²) in [6, 6.07) is 4.29. The van der Waals surface area contributed by atoms with Crippen LogP contribution >= 0.6 is 0 Å². The number of hydrogen-bond donors (Lipinski definition) is 0. The number of fused-ring (bicyclic) bond motifs is 1. The molecule has 1 amide bonds. The van der Waals surface area contributed by atoms with Crippen LogP contribution in [0, 0.1) is 0 Å². The molecule has 0 N–H and O–H groups in total. The van der Waals surface area contributed by atoms with Gasteiger partial charge in [-0.1, -0.05) is 13.3 Å². The average molecular weight is 270 g/mol. The quantitative estimate of drug-likeness (QED) is 0.859. The summed E-state index contributed by atoms with van der Waals surface area (Å²) in [4.78, 5) is 22.7. The van der Waals surface area contributed by atoms with Crippen LogP contribution in [0.25, 0.3) is 0 Å². The van der Waals surface area contributed by atoms with E-state index in [1.807, 2.05) is 11.0 Å². The number of carbonyl (C=O) groups excluding carboxylic acids is 1. The first-order valence-electron chi connectivity index (χ1n) is 7.03. The minimum absolute atomic E-state index is 0.0241. The Kier molecular flexibility index (Phi) is 3.50. The molecule has 0 saturated heterocycles. The van der Waals surface area contributed by atoms with Crippen molar-refractivity contribution in [2.45, 2.75) is 32.4 Å². The molecule has 0 aliphatic carbocycles. The van der Waals surface area contributed by atoms with Gasteiger partial charge in [-0.2, -0.15) is 0 Å². The fraction of sp³-hybridized carbons (Fsp3) is 0.400. The van der Waals surface area contributed by atoms with Crippen molar-refractivity contribution in [3.05, 3.63) is 48.3 Å². The molecule has 20 heavy (non-hydrogen) atoms. The van der Waals surface area contributed by atoms with Crippen molar-refractivity contribution in [3.63, 3.8) is 0 Å². The Balaban J connectivity index is 1.91. The Morgan fingerprint density at radius 1 is 1.40 bits per heavy atom. The van der Waals surface area contributed by atoms with E-state index < -0.39 is 0 Å². The molecular formula is C15H18N4O. The molecule has 0 aromatic carbocycles. The Morgan fingerprint density at radius 3 is 3.05 bits per heavy atom. The molecule has 0 fully saturated rings. The monoisotopic (exact) mass is 270 g/mol. The Labute approximate surface area is 118 Å². The van der Waals surface area contributed by atoms with E-state index in [2.05, 4.69) is 33.7 Å². The zero-order valence-electron chi connectivity index (χ0n) is 11.6. The summed E-state index contributed by atoms with van der Waals surface area (Å²) in [5, 5.41) is 0. The van der Waals surface area contributed by atoms with E-state index >= 15 is 0 Å². The number of nitrogens with zero attached hydrogens (tertiary/aromatic N) is 4. The van der Waals surface area contributed by atoms with Crippen molar-refractivity contribution in [3.8, 4) is 0 Å². The van der Waals surface area contributed by atoms with E-state index in [1.54, 1.807) is 18.6 Å². The molecule has 5 heteroatoms. The van der Waals surface area contributed by atoms with Crippen LogP contribution in [0.3, 0.4) is 0 Å². The predicted molar refractivity (Wildman–Crippen MR) is 75.1 cm³/mol. The smallest absolute Gasteiger partial charge is 0.274 e. The third-order valence-corrected chi connectivity index (χ3v) is 3.77. The number of rotatable bonds is 3. The molecule has 0 spiro atoms. The van der Waals surface area contributed by atoms with Crippen molar-refractivity contribution >= 4 is 5.91 Å². The van der Waals surface area contributed by atoms with E-state index in [-0.39, 0.29) is 11.9 Å². The minimum atomic E-state index is -0.0241. The van der Waals surface area contributed by atoms with E-state index in [0.29, 0.717) is 5.69 Å². The molecule has 5 nitrogen and oxygen atoms in total. The van der Waals surface area contributed by atoms with Crippen molar-refractivity contribution in [1.82, 2.24) is 19.4 Å². The fourth-order valence-electron chi connectivity index (χ4n) is 2.84. The second-order valence-electron chi connectivity index (χ2n) is 5.02. The third-order valence-electron chi connectivity index (χ3n) is 3.77. The Hall–Kier alpha value is -2.17. The number of hydrogen-bond acceptors (Lipinski definition) is 3. The highest BCUT2D eigenvalue weighted by Gasteiger charge is 2.31. The van der Waals surface area contributed by atoms with Gasteiger partial charge in [0.25, 0.3) is 5.91 Å². The minimum Gasteiger partial charge on any atom is -0.348 e. The van der Waals surface area contributed by atoms with Gasteiger partial charge in [-0.15, -0.1) is 0 Å². The largest absolute Gasteiger partial charge is 0.348 e. The summed E-state index contributed by atoms with van der Waals surface area (Å²) >= 11 is 0. The van der Waals surface area contributed by atoms with Gasteiger partial charge in [-0.25, -0.2) is 4.98 Å². The van der Waals surface area contributed by atoms with Crippen molar-refractivity contribution in [1.29, 1.82) is 0 Å². The maximum Gasteiger partial charge on any atom is 0.274 e. The first-order chi connectivity index (χ1) is 9.81. The van der Waals surface area contributed by atoms with Gasteiger partial charge < -0.3 is 9.47 Å². The molecule has 104 valence electrons. The number of aromatic nitrogens is 3. The van der Waals surface area contributed by atoms with Crippen LogP contribution in [0.1, 0.15) is 42.0 Å². The first kappa shape index (κ1) is 12.8. The molecule has 0 bridgehead atoms. The highest BCUT2D eigenvalue weighted by atomic mass is 16.2. The standard InChI is InChI=1S/C15H18N4O/c1-2-4-14-13-5-3-8-18(13)9-10-19(14)15(20)12-11-16-6-7-17-12/h3,5-8,11,14H,2,4,9-10H2,1H3.